The van der Waals surface area contributed by atoms with Gasteiger partial charge in [-0.3, -0.25) is 10.2 Å². The van der Waals surface area contributed by atoms with Crippen LogP contribution in [0.3, 0.4) is 0 Å². The summed E-state index contributed by atoms with van der Waals surface area (Å²) >= 11 is 5.68. The van der Waals surface area contributed by atoms with Crippen LogP contribution in [0.4, 0.5) is 0 Å². The molecule has 1 aromatic rings. The average molecular weight is 344 g/mol. The molecule has 0 saturated carbocycles. The molecule has 0 radical (unpaired) electrons. The van der Waals surface area contributed by atoms with Crippen LogP contribution < -0.4 is 16.2 Å². The van der Waals surface area contributed by atoms with Crippen LogP contribution in [0.15, 0.2) is 29.3 Å². The second-order valence-electron chi connectivity index (χ2n) is 4.76. The van der Waals surface area contributed by atoms with Gasteiger partial charge in [-0.25, -0.2) is 0 Å². The highest BCUT2D eigenvalue weighted by molar-refractivity contribution is 6.30. The Labute approximate surface area is 140 Å². The van der Waals surface area contributed by atoms with E-state index in [9.17, 15) is 4.79 Å². The maximum absolute atomic E-state index is 10.5. The Kier molecular flexibility index (Phi) is 9.17. The van der Waals surface area contributed by atoms with Crippen molar-refractivity contribution < 1.29 is 14.6 Å². The quantitative estimate of drug-likeness (QED) is 0.478. The number of aliphatic carboxylic acids is 1. The number of hydrogen-bond donors (Lipinski definition) is 4. The number of carboxylic acids is 1. The van der Waals surface area contributed by atoms with Gasteiger partial charge in [0.1, 0.15) is 12.4 Å². The molecule has 9 heteroatoms. The van der Waals surface area contributed by atoms with Crippen molar-refractivity contribution in [2.75, 3.05) is 20.7 Å². The van der Waals surface area contributed by atoms with Crippen molar-refractivity contribution >= 4 is 29.5 Å². The van der Waals surface area contributed by atoms with Crippen LogP contribution in [-0.4, -0.2) is 48.6 Å². The van der Waals surface area contributed by atoms with Gasteiger partial charge in [0.05, 0.1) is 5.92 Å². The molecule has 0 aliphatic rings. The van der Waals surface area contributed by atoms with E-state index in [1.807, 2.05) is 0 Å². The van der Waals surface area contributed by atoms with Crippen LogP contribution in [0.5, 0.6) is 5.75 Å². The summed E-state index contributed by atoms with van der Waals surface area (Å²) in [5.41, 5.74) is 9.98. The van der Waals surface area contributed by atoms with Crippen molar-refractivity contribution in [1.82, 2.24) is 4.90 Å². The van der Waals surface area contributed by atoms with Crippen LogP contribution in [0, 0.1) is 11.3 Å². The standard InChI is InChI=1S/C10H11ClO3.C4H11N5/c1-7(10(12)13)6-14-9-4-2-8(11)3-5-9;1-9(2)4(7)8-3(5)6/h2-5,7H,6H2,1H3,(H,12,13);1-2H3,(H5,5,6,7,8). The molecule has 0 amide bonds. The van der Waals surface area contributed by atoms with Gasteiger partial charge < -0.3 is 26.2 Å². The smallest absolute Gasteiger partial charge is 0.309 e. The molecular weight excluding hydrogens is 322 g/mol. The minimum atomic E-state index is -0.862. The van der Waals surface area contributed by atoms with E-state index in [-0.39, 0.29) is 18.5 Å². The number of nitrogens with two attached hydrogens (primary N) is 2. The lowest BCUT2D eigenvalue weighted by atomic mass is 10.2. The van der Waals surface area contributed by atoms with Gasteiger partial charge in [-0.05, 0) is 31.2 Å². The third kappa shape index (κ3) is 9.97. The van der Waals surface area contributed by atoms with E-state index in [4.69, 9.17) is 38.3 Å². The van der Waals surface area contributed by atoms with Crippen LogP contribution in [0.2, 0.25) is 5.02 Å². The van der Waals surface area contributed by atoms with Crippen molar-refractivity contribution in [2.24, 2.45) is 22.4 Å². The maximum Gasteiger partial charge on any atom is 0.309 e. The van der Waals surface area contributed by atoms with Crippen LogP contribution in [0.25, 0.3) is 0 Å². The number of halogens is 1. The van der Waals surface area contributed by atoms with E-state index in [2.05, 4.69) is 4.99 Å². The van der Waals surface area contributed by atoms with Crippen molar-refractivity contribution in [3.05, 3.63) is 29.3 Å². The fraction of sp³-hybridized carbons (Fsp3) is 0.357. The Balaban J connectivity index is 0.000000468. The van der Waals surface area contributed by atoms with Gasteiger partial charge in [0, 0.05) is 19.1 Å². The van der Waals surface area contributed by atoms with E-state index in [1.54, 1.807) is 45.3 Å². The predicted molar refractivity (Wildman–Crippen MR) is 91.0 cm³/mol. The fourth-order valence-electron chi connectivity index (χ4n) is 1.05. The molecule has 1 atom stereocenters. The number of nitrogens with one attached hydrogen (secondary N) is 1. The van der Waals surface area contributed by atoms with E-state index in [0.29, 0.717) is 10.8 Å². The second-order valence-corrected chi connectivity index (χ2v) is 5.20. The van der Waals surface area contributed by atoms with E-state index >= 15 is 0 Å². The molecule has 1 aromatic carbocycles. The molecule has 0 heterocycles. The third-order valence-electron chi connectivity index (χ3n) is 2.39. The minimum absolute atomic E-state index is 0.0509. The Morgan fingerprint density at radius 1 is 1.39 bits per heavy atom. The number of ether oxygens (including phenoxy) is 1. The number of benzene rings is 1. The van der Waals surface area contributed by atoms with E-state index in [1.165, 1.54) is 4.90 Å². The molecule has 0 fully saturated rings. The summed E-state index contributed by atoms with van der Waals surface area (Å²) in [5.74, 6) is -0.782. The summed E-state index contributed by atoms with van der Waals surface area (Å²) in [6.07, 6.45) is 0. The molecule has 1 unspecified atom stereocenters. The highest BCUT2D eigenvalue weighted by Gasteiger charge is 2.11. The molecule has 0 spiro atoms. The Bertz CT molecular complexity index is 542. The van der Waals surface area contributed by atoms with E-state index in [0.717, 1.165) is 0 Å². The summed E-state index contributed by atoms with van der Waals surface area (Å²) in [5, 5.41) is 16.3. The Morgan fingerprint density at radius 2 is 1.91 bits per heavy atom. The molecule has 0 aliphatic carbocycles. The lowest BCUT2D eigenvalue weighted by molar-refractivity contribution is -0.142. The SMILES string of the molecule is CC(COc1ccc(Cl)cc1)C(=O)O.CN(C)C(=N)N=C(N)N. The second kappa shape index (κ2) is 10.3. The molecular formula is C14H22ClN5O3. The summed E-state index contributed by atoms with van der Waals surface area (Å²) in [4.78, 5) is 15.4. The molecule has 6 N–H and O–H groups in total. The first-order chi connectivity index (χ1) is 10.6. The molecule has 1 rings (SSSR count). The number of nitrogens with zero attached hydrogens (tertiary/aromatic N) is 2. The van der Waals surface area contributed by atoms with Crippen molar-refractivity contribution in [3.8, 4) is 5.75 Å². The summed E-state index contributed by atoms with van der Waals surface area (Å²) < 4.78 is 5.24. The maximum atomic E-state index is 10.5. The van der Waals surface area contributed by atoms with Crippen molar-refractivity contribution in [3.63, 3.8) is 0 Å². The lowest BCUT2D eigenvalue weighted by Crippen LogP contribution is -2.28. The normalized spacial score (nSPS) is 10.6. The zero-order chi connectivity index (χ0) is 18.0. The molecule has 128 valence electrons. The summed E-state index contributed by atoms with van der Waals surface area (Å²) in [7, 11) is 3.38. The zero-order valence-electron chi connectivity index (χ0n) is 13.3. The van der Waals surface area contributed by atoms with Crippen LogP contribution in [-0.2, 0) is 4.79 Å². The highest BCUT2D eigenvalue weighted by atomic mass is 35.5. The highest BCUT2D eigenvalue weighted by Crippen LogP contribution is 2.16. The number of hydrogen-bond acceptors (Lipinski definition) is 3. The van der Waals surface area contributed by atoms with Gasteiger partial charge in [-0.1, -0.05) is 11.6 Å². The molecule has 0 saturated heterocycles. The van der Waals surface area contributed by atoms with Gasteiger partial charge in [-0.2, -0.15) is 4.99 Å². The number of guanidine groups is 2. The summed E-state index contributed by atoms with van der Waals surface area (Å²) in [6.45, 7) is 1.76. The topological polar surface area (TPSA) is 138 Å². The lowest BCUT2D eigenvalue weighted by Gasteiger charge is -2.08. The Hall–Kier alpha value is -2.48. The first-order valence-corrected chi connectivity index (χ1v) is 6.98. The van der Waals surface area contributed by atoms with Gasteiger partial charge in [0.2, 0.25) is 5.96 Å². The van der Waals surface area contributed by atoms with Crippen molar-refractivity contribution in [2.45, 2.75) is 6.92 Å². The molecule has 23 heavy (non-hydrogen) atoms. The van der Waals surface area contributed by atoms with Crippen LogP contribution >= 0.6 is 11.6 Å². The van der Waals surface area contributed by atoms with Crippen molar-refractivity contribution in [1.29, 1.82) is 5.41 Å². The Morgan fingerprint density at radius 3 is 2.26 bits per heavy atom. The first kappa shape index (κ1) is 20.5. The number of carboxylic acid groups (broad SMARTS) is 1. The minimum Gasteiger partial charge on any atom is -0.493 e. The van der Waals surface area contributed by atoms with Gasteiger partial charge >= 0.3 is 5.97 Å². The number of aliphatic imine (C=N–C) groups is 1. The summed E-state index contributed by atoms with van der Waals surface area (Å²) in [6, 6.07) is 6.80. The predicted octanol–water partition coefficient (Wildman–Crippen LogP) is 1.20. The monoisotopic (exact) mass is 343 g/mol. The zero-order valence-corrected chi connectivity index (χ0v) is 14.0. The molecule has 0 aromatic heterocycles. The van der Waals surface area contributed by atoms with E-state index < -0.39 is 11.9 Å². The fourth-order valence-corrected chi connectivity index (χ4v) is 1.17. The molecule has 0 bridgehead atoms. The molecule has 8 nitrogen and oxygen atoms in total. The van der Waals surface area contributed by atoms with Crippen LogP contribution in [0.1, 0.15) is 6.92 Å². The number of rotatable bonds is 4. The van der Waals surface area contributed by atoms with Gasteiger partial charge in [0.25, 0.3) is 0 Å². The number of carbonyl (C=O) groups is 1. The largest absolute Gasteiger partial charge is 0.493 e. The molecule has 0 aliphatic heterocycles. The average Bonchev–Trinajstić information content (AvgIpc) is 2.46. The van der Waals surface area contributed by atoms with Gasteiger partial charge in [0.15, 0.2) is 5.96 Å². The van der Waals surface area contributed by atoms with Gasteiger partial charge in [-0.15, -0.1) is 0 Å². The first-order valence-electron chi connectivity index (χ1n) is 6.60. The third-order valence-corrected chi connectivity index (χ3v) is 2.65.